The molecule has 2 aliphatic heterocycles. The summed E-state index contributed by atoms with van der Waals surface area (Å²) in [6.07, 6.45) is 0. The van der Waals surface area contributed by atoms with Crippen LogP contribution < -0.4 is 5.32 Å². The number of benzene rings is 1. The second-order valence-corrected chi connectivity index (χ2v) is 7.38. The summed E-state index contributed by atoms with van der Waals surface area (Å²) in [6, 6.07) is 4.17. The maximum absolute atomic E-state index is 12.5. The van der Waals surface area contributed by atoms with Crippen molar-refractivity contribution in [1.29, 1.82) is 0 Å². The highest BCUT2D eigenvalue weighted by molar-refractivity contribution is 8.00. The molecule has 11 heteroatoms. The Morgan fingerprint density at radius 1 is 1.30 bits per heavy atom. The lowest BCUT2D eigenvalue weighted by Crippen LogP contribution is -2.70. The average Bonchev–Trinajstić information content (AvgIpc) is 2.59. The Morgan fingerprint density at radius 2 is 2.00 bits per heavy atom. The fourth-order valence-electron chi connectivity index (χ4n) is 2.93. The lowest BCUT2D eigenvalue weighted by Gasteiger charge is -2.48. The van der Waals surface area contributed by atoms with E-state index in [1.807, 2.05) is 0 Å². The Labute approximate surface area is 161 Å². The first-order chi connectivity index (χ1) is 12.7. The van der Waals surface area contributed by atoms with Crippen molar-refractivity contribution in [3.8, 4) is 5.75 Å². The number of rotatable bonds is 5. The number of nitrogens with one attached hydrogen (secondary N) is 1. The van der Waals surface area contributed by atoms with E-state index in [0.29, 0.717) is 0 Å². The maximum atomic E-state index is 12.5. The Hall–Kier alpha value is -2.72. The summed E-state index contributed by atoms with van der Waals surface area (Å²) in [5.41, 5.74) is -0.284. The molecule has 4 N–H and O–H groups in total. The third kappa shape index (κ3) is 3.33. The van der Waals surface area contributed by atoms with Crippen molar-refractivity contribution in [2.24, 2.45) is 0 Å². The molecule has 2 amide bonds. The summed E-state index contributed by atoms with van der Waals surface area (Å²) in [4.78, 5) is 48.7. The van der Waals surface area contributed by atoms with Gasteiger partial charge in [-0.3, -0.25) is 19.3 Å². The van der Waals surface area contributed by atoms with Crippen molar-refractivity contribution in [3.63, 3.8) is 0 Å². The number of phenols is 1. The van der Waals surface area contributed by atoms with Crippen LogP contribution in [0.3, 0.4) is 0 Å². The van der Waals surface area contributed by atoms with Gasteiger partial charge in [0.1, 0.15) is 22.9 Å². The molecule has 2 aliphatic rings. The predicted molar refractivity (Wildman–Crippen MR) is 94.0 cm³/mol. The third-order valence-corrected chi connectivity index (χ3v) is 5.89. The minimum atomic E-state index is -1.63. The van der Waals surface area contributed by atoms with Gasteiger partial charge in [0.2, 0.25) is 5.91 Å². The number of halogens is 1. The highest BCUT2D eigenvalue weighted by Crippen LogP contribution is 2.41. The summed E-state index contributed by atoms with van der Waals surface area (Å²) < 4.78 is 0. The van der Waals surface area contributed by atoms with Gasteiger partial charge in [-0.25, -0.2) is 4.79 Å². The van der Waals surface area contributed by atoms with Gasteiger partial charge in [-0.1, -0.05) is 23.7 Å². The van der Waals surface area contributed by atoms with Gasteiger partial charge in [0.05, 0.1) is 5.03 Å². The molecule has 1 fully saturated rings. The molecule has 0 aromatic heterocycles. The maximum Gasteiger partial charge on any atom is 0.353 e. The minimum absolute atomic E-state index is 0.0186. The van der Waals surface area contributed by atoms with E-state index < -0.39 is 41.1 Å². The van der Waals surface area contributed by atoms with Crippen LogP contribution in [0.1, 0.15) is 11.5 Å². The second kappa shape index (κ2) is 7.12. The van der Waals surface area contributed by atoms with Gasteiger partial charge in [-0.15, -0.1) is 11.8 Å². The van der Waals surface area contributed by atoms with Crippen LogP contribution in [0.15, 0.2) is 35.0 Å². The van der Waals surface area contributed by atoms with Gasteiger partial charge in [0.25, 0.3) is 5.91 Å². The van der Waals surface area contributed by atoms with Crippen LogP contribution in [0.4, 0.5) is 0 Å². The van der Waals surface area contributed by atoms with Crippen LogP contribution in [0, 0.1) is 0 Å². The SMILES string of the molecule is O=C(O)C1=C(Cl)CS[C@@H]2C(NC(=O)C(C(=O)O)c3cccc(O)c3)C(=O)N12. The van der Waals surface area contributed by atoms with Gasteiger partial charge in [-0.2, -0.15) is 0 Å². The fourth-order valence-corrected chi connectivity index (χ4v) is 4.48. The fraction of sp³-hybridized carbons (Fsp3) is 0.250. The Balaban J connectivity index is 1.80. The Morgan fingerprint density at radius 3 is 2.59 bits per heavy atom. The number of carbonyl (C=O) groups is 4. The van der Waals surface area contributed by atoms with Crippen molar-refractivity contribution in [3.05, 3.63) is 40.6 Å². The standard InChI is InChI=1S/C16H13ClN2O7S/c17-8-5-27-14-10(13(22)19(14)11(8)16(25)26)18-12(21)9(15(23)24)6-2-1-3-7(20)4-6/h1-4,9-10,14,20H,5H2,(H,18,21)(H,23,24)(H,25,26)/t9?,10?,14-/m1/s1. The molecule has 3 rings (SSSR count). The molecule has 9 nitrogen and oxygen atoms in total. The number of thioether (sulfide) groups is 1. The largest absolute Gasteiger partial charge is 0.508 e. The summed E-state index contributed by atoms with van der Waals surface area (Å²) in [5, 5.41) is 29.8. The molecule has 0 spiro atoms. The number of carbonyl (C=O) groups excluding carboxylic acids is 2. The molecule has 1 aromatic carbocycles. The number of carboxylic acids is 2. The van der Waals surface area contributed by atoms with E-state index in [9.17, 15) is 34.5 Å². The molecule has 142 valence electrons. The zero-order valence-electron chi connectivity index (χ0n) is 13.5. The predicted octanol–water partition coefficient (Wildman–Crippen LogP) is 0.495. The average molecular weight is 413 g/mol. The molecule has 1 saturated heterocycles. The number of β-lactam (4-membered cyclic amide) rings is 1. The molecule has 2 heterocycles. The molecule has 3 atom stereocenters. The quantitative estimate of drug-likeness (QED) is 0.404. The lowest BCUT2D eigenvalue weighted by molar-refractivity contribution is -0.152. The van der Waals surface area contributed by atoms with E-state index in [-0.39, 0.29) is 27.8 Å². The van der Waals surface area contributed by atoms with E-state index in [4.69, 9.17) is 11.6 Å². The highest BCUT2D eigenvalue weighted by Gasteiger charge is 2.54. The van der Waals surface area contributed by atoms with E-state index in [1.54, 1.807) is 0 Å². The lowest BCUT2D eigenvalue weighted by atomic mass is 9.96. The van der Waals surface area contributed by atoms with Crippen LogP contribution in [0.2, 0.25) is 0 Å². The normalized spacial score (nSPS) is 22.6. The summed E-state index contributed by atoms with van der Waals surface area (Å²) in [6.45, 7) is 0. The molecule has 2 unspecified atom stereocenters. The first-order valence-corrected chi connectivity index (χ1v) is 9.03. The van der Waals surface area contributed by atoms with Crippen LogP contribution >= 0.6 is 23.4 Å². The number of nitrogens with zero attached hydrogens (tertiary/aromatic N) is 1. The van der Waals surface area contributed by atoms with E-state index in [0.717, 1.165) is 22.7 Å². The number of carboxylic acid groups (broad SMARTS) is 2. The highest BCUT2D eigenvalue weighted by atomic mass is 35.5. The summed E-state index contributed by atoms with van der Waals surface area (Å²) in [5.74, 6) is -6.12. The molecular weight excluding hydrogens is 400 g/mol. The monoisotopic (exact) mass is 412 g/mol. The van der Waals surface area contributed by atoms with Gasteiger partial charge in [0, 0.05) is 5.75 Å². The zero-order chi connectivity index (χ0) is 19.9. The van der Waals surface area contributed by atoms with Crippen LogP contribution in [0.25, 0.3) is 0 Å². The third-order valence-electron chi connectivity index (χ3n) is 4.13. The molecule has 27 heavy (non-hydrogen) atoms. The molecule has 0 saturated carbocycles. The summed E-state index contributed by atoms with van der Waals surface area (Å²) >= 11 is 7.04. The Bertz CT molecular complexity index is 887. The smallest absolute Gasteiger partial charge is 0.353 e. The van der Waals surface area contributed by atoms with Crippen molar-refractivity contribution in [2.45, 2.75) is 17.3 Å². The number of aromatic hydroxyl groups is 1. The van der Waals surface area contributed by atoms with Crippen molar-refractivity contribution >= 4 is 47.1 Å². The van der Waals surface area contributed by atoms with Gasteiger partial charge < -0.3 is 20.6 Å². The van der Waals surface area contributed by atoms with Gasteiger partial charge in [0.15, 0.2) is 5.92 Å². The topological polar surface area (TPSA) is 144 Å². The molecule has 0 bridgehead atoms. The van der Waals surface area contributed by atoms with Crippen molar-refractivity contribution in [1.82, 2.24) is 10.2 Å². The van der Waals surface area contributed by atoms with Gasteiger partial charge in [-0.05, 0) is 17.7 Å². The molecular formula is C16H13ClN2O7S. The van der Waals surface area contributed by atoms with E-state index in [1.165, 1.54) is 18.2 Å². The van der Waals surface area contributed by atoms with Crippen LogP contribution in [-0.2, 0) is 19.2 Å². The molecule has 0 radical (unpaired) electrons. The minimum Gasteiger partial charge on any atom is -0.508 e. The Kier molecular flexibility index (Phi) is 5.03. The first-order valence-electron chi connectivity index (χ1n) is 7.61. The number of aliphatic carboxylic acids is 2. The molecule has 1 aromatic rings. The zero-order valence-corrected chi connectivity index (χ0v) is 15.0. The molecule has 0 aliphatic carbocycles. The number of hydrogen-bond donors (Lipinski definition) is 4. The first kappa shape index (κ1) is 19.1. The number of hydrogen-bond acceptors (Lipinski definition) is 6. The summed E-state index contributed by atoms with van der Waals surface area (Å²) in [7, 11) is 0. The van der Waals surface area contributed by atoms with Gasteiger partial charge >= 0.3 is 11.9 Å². The number of fused-ring (bicyclic) bond motifs is 1. The number of amides is 2. The van der Waals surface area contributed by atoms with Crippen LogP contribution in [0.5, 0.6) is 5.75 Å². The number of phenolic OH excluding ortho intramolecular Hbond substituents is 1. The van der Waals surface area contributed by atoms with Crippen molar-refractivity contribution < 1.29 is 34.5 Å². The van der Waals surface area contributed by atoms with E-state index in [2.05, 4.69) is 5.32 Å². The second-order valence-electron chi connectivity index (χ2n) is 5.82. The van der Waals surface area contributed by atoms with Crippen molar-refractivity contribution in [2.75, 3.05) is 5.75 Å². The van der Waals surface area contributed by atoms with Crippen LogP contribution in [-0.4, -0.2) is 61.1 Å². The van der Waals surface area contributed by atoms with E-state index >= 15 is 0 Å².